The van der Waals surface area contributed by atoms with Crippen molar-refractivity contribution >= 4 is 11.7 Å². The molecule has 124 valence electrons. The molecule has 1 aliphatic carbocycles. The van der Waals surface area contributed by atoms with Crippen LogP contribution < -0.4 is 5.73 Å². The first kappa shape index (κ1) is 15.4. The van der Waals surface area contributed by atoms with Gasteiger partial charge < -0.3 is 5.73 Å². The summed E-state index contributed by atoms with van der Waals surface area (Å²) in [6.07, 6.45) is 4.54. The molecule has 6 nitrogen and oxygen atoms in total. The van der Waals surface area contributed by atoms with Gasteiger partial charge in [0.25, 0.3) is 0 Å². The molecule has 3 aromatic rings. The third-order valence-electron chi connectivity index (χ3n) is 4.52. The van der Waals surface area contributed by atoms with Crippen LogP contribution in [0.5, 0.6) is 0 Å². The Morgan fingerprint density at radius 3 is 2.68 bits per heavy atom. The zero-order chi connectivity index (χ0) is 17.4. The Morgan fingerprint density at radius 1 is 1.04 bits per heavy atom. The summed E-state index contributed by atoms with van der Waals surface area (Å²) in [5.74, 6) is 0.264. The number of aromatic nitrogens is 4. The number of hydrogen-bond donors (Lipinski definition) is 1. The maximum atomic E-state index is 12.7. The van der Waals surface area contributed by atoms with Crippen LogP contribution >= 0.6 is 0 Å². The molecule has 0 spiro atoms. The van der Waals surface area contributed by atoms with Gasteiger partial charge in [-0.2, -0.15) is 0 Å². The second kappa shape index (κ2) is 6.05. The molecule has 3 aromatic heterocycles. The van der Waals surface area contributed by atoms with Crippen LogP contribution in [-0.2, 0) is 6.42 Å². The first-order valence-corrected chi connectivity index (χ1v) is 8.16. The molecule has 1 unspecified atom stereocenters. The highest BCUT2D eigenvalue weighted by Crippen LogP contribution is 2.36. The van der Waals surface area contributed by atoms with Crippen molar-refractivity contribution in [3.8, 4) is 11.4 Å². The van der Waals surface area contributed by atoms with Gasteiger partial charge >= 0.3 is 0 Å². The van der Waals surface area contributed by atoms with Gasteiger partial charge in [0.05, 0.1) is 28.3 Å². The van der Waals surface area contributed by atoms with E-state index in [2.05, 4.69) is 19.9 Å². The minimum Gasteiger partial charge on any atom is -0.368 e. The number of hydrogen-bond acceptors (Lipinski definition) is 6. The SMILES string of the molecule is Cc1nc(N)nc2c1C(=O)CC(c1cccnc1-c1ccccn1)C2. The van der Waals surface area contributed by atoms with Crippen LogP contribution in [0, 0.1) is 6.92 Å². The molecule has 1 aliphatic rings. The largest absolute Gasteiger partial charge is 0.368 e. The van der Waals surface area contributed by atoms with Crippen molar-refractivity contribution in [2.45, 2.75) is 25.7 Å². The highest BCUT2D eigenvalue weighted by atomic mass is 16.1. The van der Waals surface area contributed by atoms with E-state index in [1.165, 1.54) is 0 Å². The number of anilines is 1. The Labute approximate surface area is 145 Å². The lowest BCUT2D eigenvalue weighted by Crippen LogP contribution is -2.23. The number of fused-ring (bicyclic) bond motifs is 1. The number of rotatable bonds is 2. The van der Waals surface area contributed by atoms with E-state index in [0.717, 1.165) is 22.6 Å². The Morgan fingerprint density at radius 2 is 1.88 bits per heavy atom. The molecular weight excluding hydrogens is 314 g/mol. The summed E-state index contributed by atoms with van der Waals surface area (Å²) in [6, 6.07) is 9.63. The number of nitrogens with zero attached hydrogens (tertiary/aromatic N) is 4. The zero-order valence-corrected chi connectivity index (χ0v) is 13.8. The number of carbonyl (C=O) groups is 1. The molecule has 4 rings (SSSR count). The van der Waals surface area contributed by atoms with Crippen LogP contribution in [0.25, 0.3) is 11.4 Å². The van der Waals surface area contributed by atoms with E-state index in [4.69, 9.17) is 5.73 Å². The van der Waals surface area contributed by atoms with E-state index in [0.29, 0.717) is 24.1 Å². The van der Waals surface area contributed by atoms with Crippen molar-refractivity contribution in [1.82, 2.24) is 19.9 Å². The van der Waals surface area contributed by atoms with Gasteiger partial charge in [-0.15, -0.1) is 0 Å². The van der Waals surface area contributed by atoms with Gasteiger partial charge in [0, 0.05) is 18.8 Å². The summed E-state index contributed by atoms with van der Waals surface area (Å²) in [7, 11) is 0. The Balaban J connectivity index is 1.79. The molecule has 2 N–H and O–H groups in total. The molecule has 0 bridgehead atoms. The van der Waals surface area contributed by atoms with Crippen LogP contribution in [0.4, 0.5) is 5.95 Å². The monoisotopic (exact) mass is 331 g/mol. The second-order valence-electron chi connectivity index (χ2n) is 6.17. The van der Waals surface area contributed by atoms with Gasteiger partial charge in [-0.25, -0.2) is 9.97 Å². The fourth-order valence-corrected chi connectivity index (χ4v) is 3.48. The zero-order valence-electron chi connectivity index (χ0n) is 13.8. The molecule has 1 atom stereocenters. The van der Waals surface area contributed by atoms with Crippen molar-refractivity contribution in [1.29, 1.82) is 0 Å². The van der Waals surface area contributed by atoms with E-state index < -0.39 is 0 Å². The highest BCUT2D eigenvalue weighted by molar-refractivity contribution is 6.00. The van der Waals surface area contributed by atoms with E-state index in [-0.39, 0.29) is 17.6 Å². The summed E-state index contributed by atoms with van der Waals surface area (Å²) in [4.78, 5) is 30.0. The predicted molar refractivity (Wildman–Crippen MR) is 94.0 cm³/mol. The molecule has 0 saturated carbocycles. The number of Topliss-reactive ketones (excluding diaryl/α,β-unsaturated/α-hetero) is 1. The maximum absolute atomic E-state index is 12.7. The number of ketones is 1. The average Bonchev–Trinajstić information content (AvgIpc) is 2.61. The van der Waals surface area contributed by atoms with Crippen molar-refractivity contribution in [2.75, 3.05) is 5.73 Å². The van der Waals surface area contributed by atoms with E-state index in [9.17, 15) is 4.79 Å². The van der Waals surface area contributed by atoms with Gasteiger partial charge in [-0.3, -0.25) is 14.8 Å². The average molecular weight is 331 g/mol. The minimum absolute atomic E-state index is 0.000550. The van der Waals surface area contributed by atoms with Crippen LogP contribution in [0.15, 0.2) is 42.7 Å². The molecular formula is C19H17N5O. The van der Waals surface area contributed by atoms with Crippen molar-refractivity contribution in [3.05, 3.63) is 65.2 Å². The lowest BCUT2D eigenvalue weighted by atomic mass is 9.80. The summed E-state index contributed by atoms with van der Waals surface area (Å²) >= 11 is 0. The van der Waals surface area contributed by atoms with E-state index >= 15 is 0 Å². The molecule has 25 heavy (non-hydrogen) atoms. The Kier molecular flexibility index (Phi) is 3.72. The Bertz CT molecular complexity index is 955. The molecule has 0 fully saturated rings. The summed E-state index contributed by atoms with van der Waals surface area (Å²) in [6.45, 7) is 1.80. The van der Waals surface area contributed by atoms with Crippen molar-refractivity contribution in [3.63, 3.8) is 0 Å². The van der Waals surface area contributed by atoms with Crippen LogP contribution in [-0.4, -0.2) is 25.7 Å². The van der Waals surface area contributed by atoms with Gasteiger partial charge in [-0.1, -0.05) is 12.1 Å². The van der Waals surface area contributed by atoms with Gasteiger partial charge in [-0.05, 0) is 43.0 Å². The fourth-order valence-electron chi connectivity index (χ4n) is 3.48. The third kappa shape index (κ3) is 2.76. The molecule has 0 saturated heterocycles. The van der Waals surface area contributed by atoms with Gasteiger partial charge in [0.15, 0.2) is 5.78 Å². The minimum atomic E-state index is -0.000550. The highest BCUT2D eigenvalue weighted by Gasteiger charge is 2.31. The molecule has 0 aromatic carbocycles. The number of nitrogen functional groups attached to an aromatic ring is 1. The molecule has 0 amide bonds. The fraction of sp³-hybridized carbons (Fsp3) is 0.211. The number of carbonyl (C=O) groups excluding carboxylic acids is 1. The number of pyridine rings is 2. The second-order valence-corrected chi connectivity index (χ2v) is 6.17. The van der Waals surface area contributed by atoms with Gasteiger partial charge in [0.2, 0.25) is 5.95 Å². The molecule has 3 heterocycles. The van der Waals surface area contributed by atoms with E-state index in [1.54, 1.807) is 19.3 Å². The quantitative estimate of drug-likeness (QED) is 0.776. The molecule has 6 heteroatoms. The van der Waals surface area contributed by atoms with Crippen LogP contribution in [0.2, 0.25) is 0 Å². The predicted octanol–water partition coefficient (Wildman–Crippen LogP) is 2.74. The van der Waals surface area contributed by atoms with E-state index in [1.807, 2.05) is 30.3 Å². The summed E-state index contributed by atoms with van der Waals surface area (Å²) in [5.41, 5.74) is 10.4. The summed E-state index contributed by atoms with van der Waals surface area (Å²) in [5, 5.41) is 0. The molecule has 0 aliphatic heterocycles. The first-order chi connectivity index (χ1) is 12.1. The van der Waals surface area contributed by atoms with Crippen LogP contribution in [0.3, 0.4) is 0 Å². The lowest BCUT2D eigenvalue weighted by Gasteiger charge is -2.25. The maximum Gasteiger partial charge on any atom is 0.220 e. The van der Waals surface area contributed by atoms with Crippen molar-refractivity contribution < 1.29 is 4.79 Å². The smallest absolute Gasteiger partial charge is 0.220 e. The standard InChI is InChI=1S/C19H17N5O/c1-11-17-15(24-19(20)23-11)9-12(10-16(17)25)13-5-4-8-22-18(13)14-6-2-3-7-21-14/h2-8,12H,9-10H2,1H3,(H2,20,23,24). The number of aryl methyl sites for hydroxylation is 1. The summed E-state index contributed by atoms with van der Waals surface area (Å²) < 4.78 is 0. The molecule has 0 radical (unpaired) electrons. The van der Waals surface area contributed by atoms with Crippen LogP contribution in [0.1, 0.15) is 39.6 Å². The topological polar surface area (TPSA) is 94.7 Å². The van der Waals surface area contributed by atoms with Crippen molar-refractivity contribution in [2.24, 2.45) is 0 Å². The van der Waals surface area contributed by atoms with Gasteiger partial charge in [0.1, 0.15) is 0 Å². The number of nitrogens with two attached hydrogens (primary N) is 1. The first-order valence-electron chi connectivity index (χ1n) is 8.16. The Hall–Kier alpha value is -3.15. The lowest BCUT2D eigenvalue weighted by molar-refractivity contribution is 0.0962. The third-order valence-corrected chi connectivity index (χ3v) is 4.52. The normalized spacial score (nSPS) is 16.5.